The molecule has 49 heavy (non-hydrogen) atoms. The molecule has 0 radical (unpaired) electrons. The molecule has 0 aliphatic rings. The summed E-state index contributed by atoms with van der Waals surface area (Å²) in [5, 5.41) is 11.0. The van der Waals surface area contributed by atoms with Gasteiger partial charge in [0.25, 0.3) is 0 Å². The van der Waals surface area contributed by atoms with Crippen molar-refractivity contribution >= 4 is 96.3 Å². The van der Waals surface area contributed by atoms with Crippen LogP contribution in [0.4, 0.5) is 0 Å². The van der Waals surface area contributed by atoms with E-state index in [1.165, 1.54) is 42.6 Å². The van der Waals surface area contributed by atoms with E-state index in [1.807, 2.05) is 0 Å². The molecule has 0 nitrogen and oxygen atoms in total. The van der Waals surface area contributed by atoms with Crippen LogP contribution in [-0.4, -0.2) is 48.4 Å². The van der Waals surface area contributed by atoms with E-state index in [-0.39, 0.29) is 0 Å². The highest BCUT2D eigenvalue weighted by Crippen LogP contribution is 2.46. The maximum atomic E-state index is 2.87. The molecule has 0 heterocycles. The minimum Gasteiger partial charge on any atom is -0.0693 e. The van der Waals surface area contributed by atoms with E-state index in [1.54, 1.807) is 22.0 Å². The summed E-state index contributed by atoms with van der Waals surface area (Å²) in [6.07, 6.45) is 0. The van der Waals surface area contributed by atoms with Crippen LogP contribution in [0.5, 0.6) is 0 Å². The second-order valence-electron chi connectivity index (χ2n) is 21.4. The zero-order chi connectivity index (χ0) is 37.1. The van der Waals surface area contributed by atoms with Crippen LogP contribution in [0.25, 0.3) is 21.5 Å². The van der Waals surface area contributed by atoms with Gasteiger partial charge < -0.3 is 0 Å². The van der Waals surface area contributed by atoms with Gasteiger partial charge in [-0.25, -0.2) is 0 Å². The van der Waals surface area contributed by atoms with Gasteiger partial charge in [0.15, 0.2) is 0 Å². The minimum atomic E-state index is -1.59. The second kappa shape index (κ2) is 14.3. The van der Waals surface area contributed by atoms with Gasteiger partial charge >= 0.3 is 0 Å². The van der Waals surface area contributed by atoms with Crippen LogP contribution in [0.1, 0.15) is 32.2 Å². The smallest absolute Gasteiger partial charge is 0.0493 e. The first-order valence-corrected chi connectivity index (χ1v) is 42.6. The maximum Gasteiger partial charge on any atom is 0.0493 e. The number of fused-ring (bicyclic) bond motifs is 2. The third-order valence-corrected chi connectivity index (χ3v) is 41.2. The fraction of sp³-hybridized carbons (Fsp3) is 0.512. The van der Waals surface area contributed by atoms with Crippen LogP contribution in [0, 0.1) is 0 Å². The number of rotatable bonds is 11. The van der Waals surface area contributed by atoms with E-state index < -0.39 is 48.4 Å². The summed E-state index contributed by atoms with van der Waals surface area (Å²) in [4.78, 5) is 0. The van der Waals surface area contributed by atoms with Gasteiger partial charge in [-0.05, 0) is 75.5 Å². The third-order valence-electron chi connectivity index (χ3n) is 10.3. The predicted octanol–water partition coefficient (Wildman–Crippen LogP) is 14.3. The molecule has 0 atom stereocenters. The Bertz CT molecular complexity index is 1690. The molecule has 4 aromatic rings. The van der Waals surface area contributed by atoms with Crippen molar-refractivity contribution in [3.63, 3.8) is 0 Å². The SMILES string of the molecule is C[Si](C)(C)C(c1cc(C([Si](C)(C)C)[Si](C)(C)C)c(P=Pc2c3ccccc3cc3ccccc23)c(C([Si](C)(C)C)[Si](C)(C)C)c1)[Si](C)(C)C. The molecular formula is C41H68P2Si6. The number of hydrogen-bond donors (Lipinski definition) is 0. The third kappa shape index (κ3) is 9.28. The molecule has 8 heteroatoms. The summed E-state index contributed by atoms with van der Waals surface area (Å²) in [5.41, 5.74) is 5.30. The molecule has 0 aliphatic heterocycles. The largest absolute Gasteiger partial charge is 0.0693 e. The molecule has 4 aromatic carbocycles. The molecule has 0 aromatic heterocycles. The second-order valence-corrected chi connectivity index (χ2v) is 57.5. The standard InChI is InChI=1S/C41H68P2Si6/c1-44(2,3)39(45(4,5)6)32-28-35(40(46(7,8)9)47(10,11)12)38(36(29-32)41(48(13,14)15)49(16,17)18)43-42-37-33-25-21-19-23-30(33)27-31-24-20-22-26-34(31)37/h19-29,39-41H,1-18H3. The minimum absolute atomic E-state index is 0.716. The first-order valence-electron chi connectivity index (χ1n) is 18.6. The highest BCUT2D eigenvalue weighted by atomic mass is 31.7. The van der Waals surface area contributed by atoms with E-state index in [9.17, 15) is 0 Å². The summed E-state index contributed by atoms with van der Waals surface area (Å²) in [6.45, 7) is 48.2. The van der Waals surface area contributed by atoms with E-state index in [4.69, 9.17) is 0 Å². The predicted molar refractivity (Wildman–Crippen MR) is 249 cm³/mol. The average Bonchev–Trinajstić information content (AvgIpc) is 2.87. The van der Waals surface area contributed by atoms with Gasteiger partial charge in [0, 0.05) is 59.1 Å². The fourth-order valence-corrected chi connectivity index (χ4v) is 52.4. The van der Waals surface area contributed by atoms with Crippen LogP contribution in [0.15, 0.2) is 66.7 Å². The van der Waals surface area contributed by atoms with Crippen LogP contribution >= 0.6 is 15.7 Å². The first kappa shape index (κ1) is 41.1. The van der Waals surface area contributed by atoms with Crippen LogP contribution in [0.3, 0.4) is 0 Å². The van der Waals surface area contributed by atoms with Crippen molar-refractivity contribution in [3.05, 3.63) is 83.4 Å². The Kier molecular flexibility index (Phi) is 12.0. The molecule has 266 valence electrons. The average molecular weight is 791 g/mol. The lowest BCUT2D eigenvalue weighted by Crippen LogP contribution is -2.51. The molecule has 0 fully saturated rings. The molecule has 0 N–H and O–H groups in total. The van der Waals surface area contributed by atoms with Crippen molar-refractivity contribution in [2.75, 3.05) is 0 Å². The lowest BCUT2D eigenvalue weighted by molar-refractivity contribution is 1.10. The normalized spacial score (nSPS) is 14.4. The van der Waals surface area contributed by atoms with Gasteiger partial charge in [-0.2, -0.15) is 0 Å². The molecular weight excluding hydrogens is 723 g/mol. The Hall–Kier alpha value is -0.699. The number of benzene rings is 4. The molecule has 0 bridgehead atoms. The van der Waals surface area contributed by atoms with Crippen molar-refractivity contribution in [3.8, 4) is 0 Å². The van der Waals surface area contributed by atoms with E-state index in [0.717, 1.165) is 5.16 Å². The van der Waals surface area contributed by atoms with Gasteiger partial charge in [0.2, 0.25) is 0 Å². The molecule has 0 spiro atoms. The Labute approximate surface area is 311 Å². The van der Waals surface area contributed by atoms with E-state index in [2.05, 4.69) is 185 Å². The molecule has 0 saturated carbocycles. The molecule has 0 amide bonds. The van der Waals surface area contributed by atoms with Gasteiger partial charge in [0.1, 0.15) is 0 Å². The van der Waals surface area contributed by atoms with Gasteiger partial charge in [-0.1, -0.05) is 179 Å². The zero-order valence-electron chi connectivity index (χ0n) is 34.5. The number of hydrogen-bond acceptors (Lipinski definition) is 0. The monoisotopic (exact) mass is 790 g/mol. The summed E-state index contributed by atoms with van der Waals surface area (Å²) >= 11 is 0. The van der Waals surface area contributed by atoms with Gasteiger partial charge in [0.05, 0.1) is 0 Å². The lowest BCUT2D eigenvalue weighted by atomic mass is 10.0. The quantitative estimate of drug-likeness (QED) is 0.0806. The Morgan fingerprint density at radius 3 is 1.00 bits per heavy atom. The summed E-state index contributed by atoms with van der Waals surface area (Å²) < 4.78 is 0. The lowest BCUT2D eigenvalue weighted by Gasteiger charge is -2.45. The topological polar surface area (TPSA) is 0 Å². The van der Waals surface area contributed by atoms with Crippen molar-refractivity contribution < 1.29 is 0 Å². The Morgan fingerprint density at radius 1 is 0.367 bits per heavy atom. The van der Waals surface area contributed by atoms with Crippen molar-refractivity contribution in [2.24, 2.45) is 0 Å². The summed E-state index contributed by atoms with van der Waals surface area (Å²) in [7, 11) is -6.48. The van der Waals surface area contributed by atoms with Crippen molar-refractivity contribution in [1.29, 1.82) is 0 Å². The summed E-state index contributed by atoms with van der Waals surface area (Å²) in [5.74, 6) is 0. The van der Waals surface area contributed by atoms with Crippen LogP contribution in [0.2, 0.25) is 118 Å². The van der Waals surface area contributed by atoms with Gasteiger partial charge in [-0.3, -0.25) is 0 Å². The van der Waals surface area contributed by atoms with Crippen molar-refractivity contribution in [1.82, 2.24) is 0 Å². The zero-order valence-corrected chi connectivity index (χ0v) is 42.3. The highest BCUT2D eigenvalue weighted by molar-refractivity contribution is 7.91. The molecule has 0 unspecified atom stereocenters. The molecule has 0 aliphatic carbocycles. The first-order chi connectivity index (χ1) is 22.1. The van der Waals surface area contributed by atoms with E-state index in [0.29, 0.717) is 10.3 Å². The Morgan fingerprint density at radius 2 is 0.673 bits per heavy atom. The van der Waals surface area contributed by atoms with Crippen molar-refractivity contribution in [2.45, 2.75) is 133 Å². The fourth-order valence-electron chi connectivity index (χ4n) is 10.4. The van der Waals surface area contributed by atoms with Crippen LogP contribution in [-0.2, 0) is 0 Å². The van der Waals surface area contributed by atoms with Crippen LogP contribution < -0.4 is 10.6 Å². The maximum absolute atomic E-state index is 2.87. The summed E-state index contributed by atoms with van der Waals surface area (Å²) in [6, 6.07) is 26.4. The molecule has 0 saturated heterocycles. The molecule has 4 rings (SSSR count). The highest BCUT2D eigenvalue weighted by Gasteiger charge is 2.46. The van der Waals surface area contributed by atoms with E-state index >= 15 is 0 Å². The van der Waals surface area contributed by atoms with Gasteiger partial charge in [-0.15, -0.1) is 0 Å². The Balaban J connectivity index is 2.28.